The Kier molecular flexibility index (Phi) is 2.78. The minimum atomic E-state index is -0.0735. The predicted molar refractivity (Wildman–Crippen MR) is 51.9 cm³/mol. The van der Waals surface area contributed by atoms with Gasteiger partial charge in [0.15, 0.2) is 11.5 Å². The fourth-order valence-corrected chi connectivity index (χ4v) is 1.32. The second-order valence-corrected chi connectivity index (χ2v) is 3.46. The fourth-order valence-electron chi connectivity index (χ4n) is 1.32. The van der Waals surface area contributed by atoms with Crippen LogP contribution < -0.4 is 5.73 Å². The molecular weight excluding hydrogens is 166 g/mol. The SMILES string of the molecule is Cc1cc(C[C@@H](C)N)cc(O)c1O. The van der Waals surface area contributed by atoms with Crippen LogP contribution >= 0.6 is 0 Å². The molecular formula is C10H15NO2. The summed E-state index contributed by atoms with van der Waals surface area (Å²) in [5.41, 5.74) is 7.24. The first kappa shape index (κ1) is 9.86. The Bertz CT molecular complexity index is 285. The van der Waals surface area contributed by atoms with Crippen molar-refractivity contribution in [2.24, 2.45) is 5.73 Å². The van der Waals surface area contributed by atoms with Crippen LogP contribution in [-0.4, -0.2) is 16.3 Å². The number of nitrogens with two attached hydrogens (primary N) is 1. The Hall–Kier alpha value is -1.22. The van der Waals surface area contributed by atoms with E-state index in [1.807, 2.05) is 13.0 Å². The second kappa shape index (κ2) is 3.66. The molecule has 1 rings (SSSR count). The smallest absolute Gasteiger partial charge is 0.160 e. The Morgan fingerprint density at radius 1 is 1.38 bits per heavy atom. The lowest BCUT2D eigenvalue weighted by molar-refractivity contribution is 0.400. The van der Waals surface area contributed by atoms with Gasteiger partial charge in [-0.25, -0.2) is 0 Å². The summed E-state index contributed by atoms with van der Waals surface area (Å²) in [7, 11) is 0. The quantitative estimate of drug-likeness (QED) is 0.602. The standard InChI is InChI=1S/C10H15NO2/c1-6-3-8(4-7(2)11)5-9(12)10(6)13/h3,5,7,12-13H,4,11H2,1-2H3/t7-/m1/s1. The number of aromatic hydroxyl groups is 2. The van der Waals surface area contributed by atoms with E-state index in [0.717, 1.165) is 5.56 Å². The van der Waals surface area contributed by atoms with Gasteiger partial charge in [0.25, 0.3) is 0 Å². The Balaban J connectivity index is 2.99. The fraction of sp³-hybridized carbons (Fsp3) is 0.400. The lowest BCUT2D eigenvalue weighted by Crippen LogP contribution is -2.17. The molecule has 0 bridgehead atoms. The van der Waals surface area contributed by atoms with Crippen molar-refractivity contribution >= 4 is 0 Å². The van der Waals surface area contributed by atoms with E-state index in [2.05, 4.69) is 0 Å². The number of phenols is 2. The molecule has 72 valence electrons. The Labute approximate surface area is 77.8 Å². The summed E-state index contributed by atoms with van der Waals surface area (Å²) < 4.78 is 0. The van der Waals surface area contributed by atoms with Crippen LogP contribution in [0.2, 0.25) is 0 Å². The van der Waals surface area contributed by atoms with Crippen LogP contribution in [0.4, 0.5) is 0 Å². The summed E-state index contributed by atoms with van der Waals surface area (Å²) in [6, 6.07) is 3.44. The summed E-state index contributed by atoms with van der Waals surface area (Å²) in [4.78, 5) is 0. The van der Waals surface area contributed by atoms with Crippen molar-refractivity contribution in [3.63, 3.8) is 0 Å². The molecule has 13 heavy (non-hydrogen) atoms. The number of phenolic OH excluding ortho intramolecular Hbond substituents is 2. The van der Waals surface area contributed by atoms with Gasteiger partial charge in [-0.1, -0.05) is 6.07 Å². The number of benzene rings is 1. The molecule has 0 unspecified atom stereocenters. The van der Waals surface area contributed by atoms with E-state index in [4.69, 9.17) is 5.73 Å². The van der Waals surface area contributed by atoms with Gasteiger partial charge >= 0.3 is 0 Å². The highest BCUT2D eigenvalue weighted by Crippen LogP contribution is 2.29. The molecule has 0 fully saturated rings. The number of aryl methyl sites for hydroxylation is 1. The van der Waals surface area contributed by atoms with E-state index in [9.17, 15) is 10.2 Å². The number of rotatable bonds is 2. The van der Waals surface area contributed by atoms with Gasteiger partial charge in [0.1, 0.15) is 0 Å². The highest BCUT2D eigenvalue weighted by Gasteiger charge is 2.06. The topological polar surface area (TPSA) is 66.5 Å². The first-order valence-corrected chi connectivity index (χ1v) is 4.27. The van der Waals surface area contributed by atoms with Crippen LogP contribution in [0.1, 0.15) is 18.1 Å². The van der Waals surface area contributed by atoms with Gasteiger partial charge in [0.05, 0.1) is 0 Å². The molecule has 1 aromatic rings. The van der Waals surface area contributed by atoms with Crippen LogP contribution in [0.3, 0.4) is 0 Å². The third-order valence-electron chi connectivity index (χ3n) is 1.90. The van der Waals surface area contributed by atoms with Gasteiger partial charge in [0, 0.05) is 6.04 Å². The molecule has 1 atom stereocenters. The van der Waals surface area contributed by atoms with E-state index >= 15 is 0 Å². The molecule has 0 heterocycles. The van der Waals surface area contributed by atoms with E-state index < -0.39 is 0 Å². The number of hydrogen-bond acceptors (Lipinski definition) is 3. The van der Waals surface area contributed by atoms with Gasteiger partial charge in [-0.15, -0.1) is 0 Å². The first-order chi connectivity index (χ1) is 6.00. The van der Waals surface area contributed by atoms with Gasteiger partial charge in [-0.2, -0.15) is 0 Å². The summed E-state index contributed by atoms with van der Waals surface area (Å²) in [5, 5.41) is 18.6. The van der Waals surface area contributed by atoms with Crippen molar-refractivity contribution in [1.29, 1.82) is 0 Å². The monoisotopic (exact) mass is 181 g/mol. The molecule has 0 radical (unpaired) electrons. The average molecular weight is 181 g/mol. The molecule has 0 aliphatic carbocycles. The third-order valence-corrected chi connectivity index (χ3v) is 1.90. The average Bonchev–Trinajstić information content (AvgIpc) is 1.98. The second-order valence-electron chi connectivity index (χ2n) is 3.46. The molecule has 4 N–H and O–H groups in total. The highest BCUT2D eigenvalue weighted by atomic mass is 16.3. The van der Waals surface area contributed by atoms with Gasteiger partial charge < -0.3 is 15.9 Å². The molecule has 0 aromatic heterocycles. The summed E-state index contributed by atoms with van der Waals surface area (Å²) in [6.07, 6.45) is 0.703. The minimum Gasteiger partial charge on any atom is -0.504 e. The van der Waals surface area contributed by atoms with E-state index in [0.29, 0.717) is 12.0 Å². The zero-order valence-electron chi connectivity index (χ0n) is 7.91. The van der Waals surface area contributed by atoms with Crippen LogP contribution in [0.25, 0.3) is 0 Å². The van der Waals surface area contributed by atoms with E-state index in [1.165, 1.54) is 0 Å². The van der Waals surface area contributed by atoms with Crippen LogP contribution in [0.15, 0.2) is 12.1 Å². The maximum atomic E-state index is 9.30. The van der Waals surface area contributed by atoms with Crippen molar-refractivity contribution in [3.8, 4) is 11.5 Å². The van der Waals surface area contributed by atoms with Gasteiger partial charge in [0.2, 0.25) is 0 Å². The van der Waals surface area contributed by atoms with Gasteiger partial charge in [-0.3, -0.25) is 0 Å². The van der Waals surface area contributed by atoms with E-state index in [1.54, 1.807) is 13.0 Å². The molecule has 3 heteroatoms. The minimum absolute atomic E-state index is 0.0478. The van der Waals surface area contributed by atoms with Crippen LogP contribution in [-0.2, 0) is 6.42 Å². The molecule has 0 aliphatic heterocycles. The molecule has 3 nitrogen and oxygen atoms in total. The molecule has 0 saturated carbocycles. The zero-order chi connectivity index (χ0) is 10.0. The zero-order valence-corrected chi connectivity index (χ0v) is 7.91. The summed E-state index contributed by atoms with van der Waals surface area (Å²) in [6.45, 7) is 3.65. The highest BCUT2D eigenvalue weighted by molar-refractivity contribution is 5.46. The lowest BCUT2D eigenvalue weighted by atomic mass is 10.0. The number of hydrogen-bond donors (Lipinski definition) is 3. The summed E-state index contributed by atoms with van der Waals surface area (Å²) in [5.74, 6) is -0.121. The normalized spacial score (nSPS) is 12.8. The Morgan fingerprint density at radius 3 is 2.46 bits per heavy atom. The van der Waals surface area contributed by atoms with Crippen molar-refractivity contribution in [3.05, 3.63) is 23.3 Å². The van der Waals surface area contributed by atoms with Gasteiger partial charge in [-0.05, 0) is 37.5 Å². The molecule has 0 aliphatic rings. The summed E-state index contributed by atoms with van der Waals surface area (Å²) >= 11 is 0. The van der Waals surface area contributed by atoms with Crippen molar-refractivity contribution in [1.82, 2.24) is 0 Å². The van der Waals surface area contributed by atoms with Crippen molar-refractivity contribution in [2.45, 2.75) is 26.3 Å². The van der Waals surface area contributed by atoms with Crippen molar-refractivity contribution in [2.75, 3.05) is 0 Å². The molecule has 0 spiro atoms. The van der Waals surface area contributed by atoms with E-state index in [-0.39, 0.29) is 17.5 Å². The Morgan fingerprint density at radius 2 is 2.00 bits per heavy atom. The first-order valence-electron chi connectivity index (χ1n) is 4.27. The molecule has 1 aromatic carbocycles. The maximum Gasteiger partial charge on any atom is 0.160 e. The third kappa shape index (κ3) is 2.36. The largest absolute Gasteiger partial charge is 0.504 e. The van der Waals surface area contributed by atoms with Crippen LogP contribution in [0, 0.1) is 6.92 Å². The molecule has 0 saturated heterocycles. The predicted octanol–water partition coefficient (Wildman–Crippen LogP) is 1.30. The van der Waals surface area contributed by atoms with Crippen molar-refractivity contribution < 1.29 is 10.2 Å². The lowest BCUT2D eigenvalue weighted by Gasteiger charge is -2.08. The maximum absolute atomic E-state index is 9.30. The van der Waals surface area contributed by atoms with Crippen LogP contribution in [0.5, 0.6) is 11.5 Å². The molecule has 0 amide bonds.